The van der Waals surface area contributed by atoms with Crippen molar-refractivity contribution in [2.24, 2.45) is 5.10 Å². The first-order valence-electron chi connectivity index (χ1n) is 8.92. The van der Waals surface area contributed by atoms with E-state index < -0.39 is 0 Å². The quantitative estimate of drug-likeness (QED) is 0.371. The molecule has 3 aromatic rings. The average Bonchev–Trinajstić information content (AvgIpc) is 2.71. The Morgan fingerprint density at radius 3 is 2.52 bits per heavy atom. The Morgan fingerprint density at radius 2 is 1.67 bits per heavy atom. The van der Waals surface area contributed by atoms with Gasteiger partial charge in [-0.3, -0.25) is 4.79 Å². The van der Waals surface area contributed by atoms with Gasteiger partial charge >= 0.3 is 0 Å². The molecule has 0 aliphatic carbocycles. The van der Waals surface area contributed by atoms with Crippen molar-refractivity contribution >= 4 is 28.5 Å². The highest BCUT2D eigenvalue weighted by molar-refractivity contribution is 5.94. The lowest BCUT2D eigenvalue weighted by Crippen LogP contribution is -2.20. The fourth-order valence-corrected chi connectivity index (χ4v) is 2.77. The maximum absolute atomic E-state index is 12.2. The SMILES string of the molecule is CC(/C=C/C=C/c1ccccc1)=N/NC(=O)Cc1cccc2ccccc12. The van der Waals surface area contributed by atoms with Crippen molar-refractivity contribution < 1.29 is 4.79 Å². The van der Waals surface area contributed by atoms with Crippen LogP contribution in [-0.2, 0) is 11.2 Å². The van der Waals surface area contributed by atoms with E-state index in [0.717, 1.165) is 27.6 Å². The molecule has 1 amide bonds. The number of rotatable bonds is 6. The molecule has 3 rings (SSSR count). The van der Waals surface area contributed by atoms with Crippen molar-refractivity contribution in [2.75, 3.05) is 0 Å². The van der Waals surface area contributed by atoms with E-state index in [1.807, 2.05) is 104 Å². The molecule has 0 bridgehead atoms. The molecule has 0 aromatic heterocycles. The Morgan fingerprint density at radius 1 is 0.926 bits per heavy atom. The number of hydrazone groups is 1. The van der Waals surface area contributed by atoms with Crippen LogP contribution in [0, 0.1) is 0 Å². The van der Waals surface area contributed by atoms with Gasteiger partial charge in [0.15, 0.2) is 0 Å². The van der Waals surface area contributed by atoms with Gasteiger partial charge in [0.25, 0.3) is 0 Å². The Kier molecular flexibility index (Phi) is 6.31. The molecule has 0 fully saturated rings. The number of nitrogens with zero attached hydrogens (tertiary/aromatic N) is 1. The molecule has 0 aliphatic heterocycles. The highest BCUT2D eigenvalue weighted by Crippen LogP contribution is 2.18. The molecule has 0 unspecified atom stereocenters. The zero-order chi connectivity index (χ0) is 18.9. The predicted molar refractivity (Wildman–Crippen MR) is 114 cm³/mol. The number of nitrogens with one attached hydrogen (secondary N) is 1. The third-order valence-electron chi connectivity index (χ3n) is 4.12. The first-order chi connectivity index (χ1) is 13.2. The summed E-state index contributed by atoms with van der Waals surface area (Å²) in [6.07, 6.45) is 8.03. The van der Waals surface area contributed by atoms with Crippen molar-refractivity contribution in [3.05, 3.63) is 102 Å². The number of fused-ring (bicyclic) bond motifs is 1. The maximum atomic E-state index is 12.2. The molecule has 3 heteroatoms. The summed E-state index contributed by atoms with van der Waals surface area (Å²) in [4.78, 5) is 12.2. The zero-order valence-electron chi connectivity index (χ0n) is 15.3. The van der Waals surface area contributed by atoms with Gasteiger partial charge in [0, 0.05) is 0 Å². The van der Waals surface area contributed by atoms with Crippen LogP contribution in [-0.4, -0.2) is 11.6 Å². The number of carbonyl (C=O) groups excluding carboxylic acids is 1. The lowest BCUT2D eigenvalue weighted by molar-refractivity contribution is -0.120. The van der Waals surface area contributed by atoms with Gasteiger partial charge in [-0.05, 0) is 34.9 Å². The molecular formula is C24H22N2O. The Labute approximate surface area is 159 Å². The van der Waals surface area contributed by atoms with Crippen LogP contribution >= 0.6 is 0 Å². The number of amides is 1. The van der Waals surface area contributed by atoms with Gasteiger partial charge in [-0.15, -0.1) is 0 Å². The summed E-state index contributed by atoms with van der Waals surface area (Å²) < 4.78 is 0. The molecule has 3 aromatic carbocycles. The topological polar surface area (TPSA) is 41.5 Å². The van der Waals surface area contributed by atoms with Crippen molar-refractivity contribution in [1.82, 2.24) is 5.43 Å². The summed E-state index contributed by atoms with van der Waals surface area (Å²) >= 11 is 0. The van der Waals surface area contributed by atoms with E-state index in [4.69, 9.17) is 0 Å². The van der Waals surface area contributed by atoms with Crippen molar-refractivity contribution in [1.29, 1.82) is 0 Å². The van der Waals surface area contributed by atoms with Crippen LogP contribution in [0.3, 0.4) is 0 Å². The normalized spacial score (nSPS) is 12.1. The Bertz CT molecular complexity index is 996. The van der Waals surface area contributed by atoms with E-state index in [0.29, 0.717) is 6.42 Å². The minimum atomic E-state index is -0.126. The fourth-order valence-electron chi connectivity index (χ4n) is 2.77. The van der Waals surface area contributed by atoms with Gasteiger partial charge in [-0.1, -0.05) is 91.0 Å². The van der Waals surface area contributed by atoms with Crippen LogP contribution in [0.5, 0.6) is 0 Å². The number of hydrogen-bond acceptors (Lipinski definition) is 2. The van der Waals surface area contributed by atoms with Gasteiger partial charge in [0.1, 0.15) is 0 Å². The number of allylic oxidation sites excluding steroid dienone is 3. The molecule has 0 radical (unpaired) electrons. The summed E-state index contributed by atoms with van der Waals surface area (Å²) in [5.41, 5.74) is 5.50. The highest BCUT2D eigenvalue weighted by Gasteiger charge is 2.05. The van der Waals surface area contributed by atoms with Crippen LogP contribution in [0.2, 0.25) is 0 Å². The molecule has 27 heavy (non-hydrogen) atoms. The van der Waals surface area contributed by atoms with Crippen molar-refractivity contribution in [3.63, 3.8) is 0 Å². The third-order valence-corrected chi connectivity index (χ3v) is 4.12. The number of carbonyl (C=O) groups is 1. The Hall–Kier alpha value is -3.46. The smallest absolute Gasteiger partial charge is 0.244 e. The molecule has 0 saturated carbocycles. The van der Waals surface area contributed by atoms with Crippen LogP contribution < -0.4 is 5.43 Å². The molecule has 0 heterocycles. The molecule has 134 valence electrons. The average molecular weight is 354 g/mol. The standard InChI is InChI=1S/C24H22N2O/c1-19(10-5-6-13-20-11-3-2-4-12-20)25-26-24(27)18-22-16-9-15-21-14-7-8-17-23(21)22/h2-17H,18H2,1H3,(H,26,27)/b10-5+,13-6+,25-19-. The summed E-state index contributed by atoms with van der Waals surface area (Å²) in [7, 11) is 0. The summed E-state index contributed by atoms with van der Waals surface area (Å²) in [6.45, 7) is 1.85. The third kappa shape index (κ3) is 5.51. The van der Waals surface area contributed by atoms with Gasteiger partial charge < -0.3 is 0 Å². The fraction of sp³-hybridized carbons (Fsp3) is 0.0833. The van der Waals surface area contributed by atoms with E-state index in [1.165, 1.54) is 0 Å². The van der Waals surface area contributed by atoms with Crippen LogP contribution in [0.1, 0.15) is 18.1 Å². The molecule has 0 aliphatic rings. The monoisotopic (exact) mass is 354 g/mol. The highest BCUT2D eigenvalue weighted by atomic mass is 16.2. The van der Waals surface area contributed by atoms with Gasteiger partial charge in [-0.2, -0.15) is 5.10 Å². The lowest BCUT2D eigenvalue weighted by atomic mass is 10.0. The summed E-state index contributed by atoms with van der Waals surface area (Å²) in [5.74, 6) is -0.126. The second kappa shape index (κ2) is 9.30. The van der Waals surface area contributed by atoms with E-state index in [-0.39, 0.29) is 5.91 Å². The van der Waals surface area contributed by atoms with Crippen molar-refractivity contribution in [3.8, 4) is 0 Å². The zero-order valence-corrected chi connectivity index (χ0v) is 15.3. The maximum Gasteiger partial charge on any atom is 0.244 e. The molecule has 0 atom stereocenters. The van der Waals surface area contributed by atoms with E-state index >= 15 is 0 Å². The first kappa shape index (κ1) is 18.3. The van der Waals surface area contributed by atoms with E-state index in [9.17, 15) is 4.79 Å². The van der Waals surface area contributed by atoms with Crippen LogP contribution in [0.4, 0.5) is 0 Å². The molecule has 0 spiro atoms. The summed E-state index contributed by atoms with van der Waals surface area (Å²) in [6, 6.07) is 24.1. The predicted octanol–water partition coefficient (Wildman–Crippen LogP) is 5.14. The minimum absolute atomic E-state index is 0.126. The Balaban J connectivity index is 1.56. The second-order valence-corrected chi connectivity index (χ2v) is 6.23. The van der Waals surface area contributed by atoms with Gasteiger partial charge in [-0.25, -0.2) is 5.43 Å². The van der Waals surface area contributed by atoms with Crippen molar-refractivity contribution in [2.45, 2.75) is 13.3 Å². The molecular weight excluding hydrogens is 332 g/mol. The second-order valence-electron chi connectivity index (χ2n) is 6.23. The molecule has 3 nitrogen and oxygen atoms in total. The van der Waals surface area contributed by atoms with E-state index in [1.54, 1.807) is 0 Å². The van der Waals surface area contributed by atoms with Crippen LogP contribution in [0.25, 0.3) is 16.8 Å². The lowest BCUT2D eigenvalue weighted by Gasteiger charge is -2.05. The van der Waals surface area contributed by atoms with E-state index in [2.05, 4.69) is 10.5 Å². The molecule has 0 saturated heterocycles. The van der Waals surface area contributed by atoms with Gasteiger partial charge in [0.2, 0.25) is 5.91 Å². The number of benzene rings is 3. The first-order valence-corrected chi connectivity index (χ1v) is 8.92. The number of hydrogen-bond donors (Lipinski definition) is 1. The van der Waals surface area contributed by atoms with Gasteiger partial charge in [0.05, 0.1) is 12.1 Å². The largest absolute Gasteiger partial charge is 0.273 e. The summed E-state index contributed by atoms with van der Waals surface area (Å²) in [5, 5.41) is 6.37. The van der Waals surface area contributed by atoms with Crippen LogP contribution in [0.15, 0.2) is 96.1 Å². The minimum Gasteiger partial charge on any atom is -0.273 e. The molecule has 1 N–H and O–H groups in total.